The van der Waals surface area contributed by atoms with E-state index in [1.807, 2.05) is 5.32 Å². The molecule has 2 heterocycles. The molecule has 1 aliphatic rings. The summed E-state index contributed by atoms with van der Waals surface area (Å²) in [6.45, 7) is 1.45. The van der Waals surface area contributed by atoms with Crippen molar-refractivity contribution >= 4 is 23.5 Å². The number of benzene rings is 1. The summed E-state index contributed by atoms with van der Waals surface area (Å²) in [5.74, 6) is -3.57. The van der Waals surface area contributed by atoms with E-state index in [2.05, 4.69) is 15.0 Å². The average molecular weight is 453 g/mol. The van der Waals surface area contributed by atoms with Gasteiger partial charge in [0, 0.05) is 44.4 Å². The summed E-state index contributed by atoms with van der Waals surface area (Å²) >= 11 is 0. The van der Waals surface area contributed by atoms with Crippen LogP contribution in [-0.2, 0) is 11.3 Å². The van der Waals surface area contributed by atoms with E-state index in [1.165, 1.54) is 37.4 Å². The molecule has 0 aliphatic carbocycles. The summed E-state index contributed by atoms with van der Waals surface area (Å²) in [5.41, 5.74) is -0.784. The van der Waals surface area contributed by atoms with Gasteiger partial charge < -0.3 is 25.0 Å². The maximum Gasteiger partial charge on any atom is 0.409 e. The Morgan fingerprint density at radius 1 is 1.06 bits per heavy atom. The Morgan fingerprint density at radius 2 is 1.78 bits per heavy atom. The van der Waals surface area contributed by atoms with Crippen molar-refractivity contribution < 1.29 is 32.2 Å². The SMILES string of the molecule is COC(=O)N1CCN(Cc2cc(F)c(F)c(NC(=O)Nc3ccc(OC)nc3)c2F)CC1. The van der Waals surface area contributed by atoms with Crippen LogP contribution in [0.2, 0.25) is 0 Å². The highest BCUT2D eigenvalue weighted by Gasteiger charge is 2.25. The molecule has 0 bridgehead atoms. The van der Waals surface area contributed by atoms with E-state index < -0.39 is 35.3 Å². The van der Waals surface area contributed by atoms with Gasteiger partial charge in [-0.3, -0.25) is 4.90 Å². The zero-order valence-corrected chi connectivity index (χ0v) is 17.5. The van der Waals surface area contributed by atoms with Gasteiger partial charge in [-0.15, -0.1) is 0 Å². The number of hydrogen-bond acceptors (Lipinski definition) is 6. The van der Waals surface area contributed by atoms with Gasteiger partial charge in [-0.2, -0.15) is 0 Å². The lowest BCUT2D eigenvalue weighted by molar-refractivity contribution is 0.0885. The molecule has 2 N–H and O–H groups in total. The van der Waals surface area contributed by atoms with E-state index in [0.717, 1.165) is 6.07 Å². The topological polar surface area (TPSA) is 96.0 Å². The molecular weight excluding hydrogens is 431 g/mol. The number of nitrogens with one attached hydrogen (secondary N) is 2. The number of piperazine rings is 1. The van der Waals surface area contributed by atoms with E-state index in [0.29, 0.717) is 32.1 Å². The zero-order chi connectivity index (χ0) is 23.3. The summed E-state index contributed by atoms with van der Waals surface area (Å²) in [6, 6.07) is 2.74. The van der Waals surface area contributed by atoms with Crippen LogP contribution in [0.15, 0.2) is 24.4 Å². The van der Waals surface area contributed by atoms with Gasteiger partial charge in [-0.05, 0) is 12.1 Å². The maximum absolute atomic E-state index is 14.9. The van der Waals surface area contributed by atoms with Crippen molar-refractivity contribution in [1.82, 2.24) is 14.8 Å². The third kappa shape index (κ3) is 5.38. The molecule has 1 saturated heterocycles. The molecule has 1 aliphatic heterocycles. The molecule has 12 heteroatoms. The number of ether oxygens (including phenoxy) is 2. The minimum atomic E-state index is -1.51. The largest absolute Gasteiger partial charge is 0.481 e. The lowest BCUT2D eigenvalue weighted by Crippen LogP contribution is -2.48. The summed E-state index contributed by atoms with van der Waals surface area (Å²) < 4.78 is 52.9. The standard InChI is InChI=1S/C20H22F3N5O4/c1-31-15-4-3-13(10-24-15)25-19(29)26-18-16(22)12(9-14(21)17(18)23)11-27-5-7-28(8-6-27)20(30)32-2/h3-4,9-10H,5-8,11H2,1-2H3,(H2,25,26,29). The van der Waals surface area contributed by atoms with Crippen molar-refractivity contribution in [2.45, 2.75) is 6.54 Å². The minimum Gasteiger partial charge on any atom is -0.481 e. The van der Waals surface area contributed by atoms with Crippen LogP contribution in [0, 0.1) is 17.5 Å². The Labute approximate surface area is 182 Å². The summed E-state index contributed by atoms with van der Waals surface area (Å²) in [4.78, 5) is 30.9. The van der Waals surface area contributed by atoms with Gasteiger partial charge >= 0.3 is 12.1 Å². The van der Waals surface area contributed by atoms with Crippen LogP contribution in [0.25, 0.3) is 0 Å². The van der Waals surface area contributed by atoms with Crippen LogP contribution in [-0.4, -0.2) is 67.3 Å². The lowest BCUT2D eigenvalue weighted by Gasteiger charge is -2.33. The van der Waals surface area contributed by atoms with E-state index >= 15 is 0 Å². The molecule has 0 radical (unpaired) electrons. The van der Waals surface area contributed by atoms with Crippen LogP contribution in [0.4, 0.5) is 34.1 Å². The number of anilines is 2. The average Bonchev–Trinajstić information content (AvgIpc) is 2.80. The summed E-state index contributed by atoms with van der Waals surface area (Å²) in [5, 5.41) is 4.37. The van der Waals surface area contributed by atoms with Crippen molar-refractivity contribution in [3.05, 3.63) is 47.4 Å². The van der Waals surface area contributed by atoms with Gasteiger partial charge in [0.2, 0.25) is 5.88 Å². The van der Waals surface area contributed by atoms with Gasteiger partial charge in [0.25, 0.3) is 0 Å². The van der Waals surface area contributed by atoms with Crippen LogP contribution in [0.1, 0.15) is 5.56 Å². The van der Waals surface area contributed by atoms with Crippen molar-refractivity contribution in [3.8, 4) is 5.88 Å². The normalized spacial score (nSPS) is 14.1. The Kier molecular flexibility index (Phi) is 7.36. The number of rotatable bonds is 5. The number of halogens is 3. The second-order valence-electron chi connectivity index (χ2n) is 6.92. The predicted molar refractivity (Wildman–Crippen MR) is 109 cm³/mol. The molecule has 172 valence electrons. The molecule has 0 saturated carbocycles. The fourth-order valence-corrected chi connectivity index (χ4v) is 3.19. The molecule has 3 amide bonds. The zero-order valence-electron chi connectivity index (χ0n) is 17.5. The number of carbonyl (C=O) groups excluding carboxylic acids is 2. The Hall–Kier alpha value is -3.54. The Morgan fingerprint density at radius 3 is 2.38 bits per heavy atom. The van der Waals surface area contributed by atoms with Crippen LogP contribution in [0.5, 0.6) is 5.88 Å². The first kappa shape index (κ1) is 23.1. The van der Waals surface area contributed by atoms with Crippen molar-refractivity contribution in [3.63, 3.8) is 0 Å². The van der Waals surface area contributed by atoms with Crippen molar-refractivity contribution in [2.75, 3.05) is 51.0 Å². The first-order valence-corrected chi connectivity index (χ1v) is 9.62. The molecular formula is C20H22F3N5O4. The Balaban J connectivity index is 1.69. The van der Waals surface area contributed by atoms with Gasteiger partial charge in [0.15, 0.2) is 17.5 Å². The fraction of sp³-hybridized carbons (Fsp3) is 0.350. The predicted octanol–water partition coefficient (Wildman–Crippen LogP) is 3.04. The number of methoxy groups -OCH3 is 2. The molecule has 1 aromatic heterocycles. The number of amides is 3. The molecule has 1 fully saturated rings. The number of urea groups is 1. The van der Waals surface area contributed by atoms with E-state index in [1.54, 1.807) is 4.90 Å². The number of carbonyl (C=O) groups is 2. The molecule has 32 heavy (non-hydrogen) atoms. The quantitative estimate of drug-likeness (QED) is 0.676. The van der Waals surface area contributed by atoms with Crippen LogP contribution in [0.3, 0.4) is 0 Å². The monoisotopic (exact) mass is 453 g/mol. The van der Waals surface area contributed by atoms with E-state index in [9.17, 15) is 22.8 Å². The van der Waals surface area contributed by atoms with E-state index in [-0.39, 0.29) is 17.8 Å². The van der Waals surface area contributed by atoms with Gasteiger partial charge in [0.05, 0.1) is 26.1 Å². The maximum atomic E-state index is 14.9. The molecule has 3 rings (SSSR count). The van der Waals surface area contributed by atoms with E-state index in [4.69, 9.17) is 4.74 Å². The molecule has 1 aromatic carbocycles. The lowest BCUT2D eigenvalue weighted by atomic mass is 10.1. The molecule has 2 aromatic rings. The number of pyridine rings is 1. The second-order valence-corrected chi connectivity index (χ2v) is 6.92. The third-order valence-corrected chi connectivity index (χ3v) is 4.87. The summed E-state index contributed by atoms with van der Waals surface area (Å²) in [7, 11) is 2.70. The van der Waals surface area contributed by atoms with Crippen molar-refractivity contribution in [2.24, 2.45) is 0 Å². The Bertz CT molecular complexity index is 982. The first-order valence-electron chi connectivity index (χ1n) is 9.62. The second kappa shape index (κ2) is 10.2. The van der Waals surface area contributed by atoms with Gasteiger partial charge in [-0.25, -0.2) is 27.7 Å². The molecule has 0 spiro atoms. The minimum absolute atomic E-state index is 0.0310. The van der Waals surface area contributed by atoms with Crippen LogP contribution < -0.4 is 15.4 Å². The van der Waals surface area contributed by atoms with Crippen molar-refractivity contribution in [1.29, 1.82) is 0 Å². The molecule has 9 nitrogen and oxygen atoms in total. The van der Waals surface area contributed by atoms with Gasteiger partial charge in [-0.1, -0.05) is 0 Å². The highest BCUT2D eigenvalue weighted by Crippen LogP contribution is 2.27. The van der Waals surface area contributed by atoms with Gasteiger partial charge in [0.1, 0.15) is 5.69 Å². The third-order valence-electron chi connectivity index (χ3n) is 4.87. The highest BCUT2D eigenvalue weighted by atomic mass is 19.2. The summed E-state index contributed by atoms with van der Waals surface area (Å²) in [6.07, 6.45) is 0.823. The number of hydrogen-bond donors (Lipinski definition) is 2. The smallest absolute Gasteiger partial charge is 0.409 e. The number of aromatic nitrogens is 1. The fourth-order valence-electron chi connectivity index (χ4n) is 3.19. The molecule has 0 unspecified atom stereocenters. The first-order chi connectivity index (χ1) is 15.3. The number of nitrogens with zero attached hydrogens (tertiary/aromatic N) is 3. The highest BCUT2D eigenvalue weighted by molar-refractivity contribution is 5.99. The molecule has 0 atom stereocenters. The van der Waals surface area contributed by atoms with Crippen LogP contribution >= 0.6 is 0 Å².